The topological polar surface area (TPSA) is 105 Å². The number of esters is 1. The van der Waals surface area contributed by atoms with Crippen LogP contribution in [0.2, 0.25) is 0 Å². The van der Waals surface area contributed by atoms with Gasteiger partial charge in [0.05, 0.1) is 31.2 Å². The van der Waals surface area contributed by atoms with Crippen molar-refractivity contribution in [3.05, 3.63) is 77.1 Å². The first-order chi connectivity index (χ1) is 23.9. The third kappa shape index (κ3) is 7.59. The molecule has 1 N–H and O–H groups in total. The van der Waals surface area contributed by atoms with Gasteiger partial charge in [-0.05, 0) is 73.3 Å². The van der Waals surface area contributed by atoms with E-state index in [2.05, 4.69) is 50.4 Å². The minimum absolute atomic E-state index is 0.0477. The van der Waals surface area contributed by atoms with Crippen LogP contribution in [0.3, 0.4) is 0 Å². The predicted molar refractivity (Wildman–Crippen MR) is 188 cm³/mol. The van der Waals surface area contributed by atoms with Crippen LogP contribution in [-0.2, 0) is 42.4 Å². The monoisotopic (exact) mass is 687 g/mol. The molecule has 0 aromatic heterocycles. The molecule has 3 aliphatic heterocycles. The zero-order chi connectivity index (χ0) is 35.6. The number of nitrogens with zero attached hydrogens (tertiary/aromatic N) is 2. The number of carbonyl (C=O) groups is 4. The number of fused-ring (bicyclic) bond motifs is 3. The van der Waals surface area contributed by atoms with Crippen LogP contribution in [0.1, 0.15) is 95.8 Å². The van der Waals surface area contributed by atoms with Gasteiger partial charge in [-0.1, -0.05) is 70.0 Å². The number of benzene rings is 2. The van der Waals surface area contributed by atoms with Gasteiger partial charge in [-0.3, -0.25) is 19.3 Å². The molecule has 3 heterocycles. The van der Waals surface area contributed by atoms with E-state index in [9.17, 15) is 23.6 Å². The predicted octanol–water partition coefficient (Wildman–Crippen LogP) is 7.07. The smallest absolute Gasteiger partial charge is 0.410 e. The number of hydrogen-bond acceptors (Lipinski definition) is 7. The molecule has 5 atom stereocenters. The number of hydrogen-bond donors (Lipinski definition) is 1. The van der Waals surface area contributed by atoms with Gasteiger partial charge in [0.15, 0.2) is 5.78 Å². The first-order valence-electron chi connectivity index (χ1n) is 18.2. The first-order valence-corrected chi connectivity index (χ1v) is 18.2. The van der Waals surface area contributed by atoms with Crippen LogP contribution < -0.4 is 5.32 Å². The highest BCUT2D eigenvalue weighted by molar-refractivity contribution is 5.96. The molecule has 2 aromatic carbocycles. The van der Waals surface area contributed by atoms with Crippen molar-refractivity contribution >= 4 is 29.4 Å². The number of rotatable bonds is 5. The molecule has 268 valence electrons. The largest absolute Gasteiger partial charge is 0.466 e. The molecular weight excluding hydrogens is 637 g/mol. The van der Waals surface area contributed by atoms with E-state index in [1.54, 1.807) is 24.0 Å². The van der Waals surface area contributed by atoms with Crippen molar-refractivity contribution in [1.82, 2.24) is 9.80 Å². The Morgan fingerprint density at radius 1 is 1.06 bits per heavy atom. The number of nitrogens with one attached hydrogen (secondary N) is 1. The fourth-order valence-corrected chi connectivity index (χ4v) is 7.74. The highest BCUT2D eigenvalue weighted by atomic mass is 19.1. The fraction of sp³-hybridized carbons (Fsp3) is 0.550. The third-order valence-corrected chi connectivity index (χ3v) is 10.8. The molecule has 2 fully saturated rings. The number of carbonyl (C=O) groups excluding carboxylic acids is 4. The van der Waals surface area contributed by atoms with E-state index in [1.807, 2.05) is 12.1 Å². The number of halogens is 1. The summed E-state index contributed by atoms with van der Waals surface area (Å²) in [4.78, 5) is 58.6. The summed E-state index contributed by atoms with van der Waals surface area (Å²) < 4.78 is 25.9. The van der Waals surface area contributed by atoms with E-state index < -0.39 is 29.7 Å². The standard InChI is InChI=1S/C40H50FN3O6/c1-5-49-37(47)40-21-28(40)14-9-7-6-8-10-18-33(42-29-16-12-15-27(19-29)39(2,3)4)36(46)44-24-30(20-34(44)35(45)22-40)50-38(48)43-23-26-13-11-17-32(41)31(26)25-43/h9,11-17,19,28,30,33-34,42H,5-8,10,18,20-25H2,1-4H3/b14-9-/t28-,30-,33+,34+,40-/m1/s1. The van der Waals surface area contributed by atoms with E-state index in [0.29, 0.717) is 18.4 Å². The van der Waals surface area contributed by atoms with Crippen LogP contribution in [0, 0.1) is 17.2 Å². The van der Waals surface area contributed by atoms with E-state index in [0.717, 1.165) is 42.5 Å². The van der Waals surface area contributed by atoms with Gasteiger partial charge in [0, 0.05) is 30.6 Å². The van der Waals surface area contributed by atoms with E-state index in [1.165, 1.54) is 11.0 Å². The molecule has 1 saturated heterocycles. The average molecular weight is 688 g/mol. The van der Waals surface area contributed by atoms with Crippen molar-refractivity contribution in [2.75, 3.05) is 18.5 Å². The minimum Gasteiger partial charge on any atom is -0.466 e. The summed E-state index contributed by atoms with van der Waals surface area (Å²) in [6, 6.07) is 11.4. The van der Waals surface area contributed by atoms with Gasteiger partial charge in [0.2, 0.25) is 5.91 Å². The van der Waals surface area contributed by atoms with Crippen molar-refractivity contribution in [3.8, 4) is 0 Å². The van der Waals surface area contributed by atoms with Crippen molar-refractivity contribution < 1.29 is 33.0 Å². The Morgan fingerprint density at radius 3 is 2.62 bits per heavy atom. The molecule has 6 rings (SSSR count). The quantitative estimate of drug-likeness (QED) is 0.265. The van der Waals surface area contributed by atoms with Gasteiger partial charge >= 0.3 is 12.1 Å². The number of amides is 2. The van der Waals surface area contributed by atoms with Gasteiger partial charge in [0.25, 0.3) is 0 Å². The number of allylic oxidation sites excluding steroid dienone is 2. The Morgan fingerprint density at radius 2 is 1.86 bits per heavy atom. The number of ether oxygens (including phenoxy) is 2. The Hall–Kier alpha value is -4.21. The molecule has 0 spiro atoms. The van der Waals surface area contributed by atoms with Crippen LogP contribution in [0.5, 0.6) is 0 Å². The zero-order valence-corrected chi connectivity index (χ0v) is 29.7. The van der Waals surface area contributed by atoms with Crippen molar-refractivity contribution in [2.24, 2.45) is 11.3 Å². The second-order valence-corrected chi connectivity index (χ2v) is 15.4. The SMILES string of the molecule is CCOC(=O)[C@]12CC(=O)[C@@H]3C[C@@H](OC(=O)N4Cc5cccc(F)c5C4)CN3C(=O)[C@@H](Nc3cccc(C(C)(C)C)c3)CCCCC/C=C\[C@@H]1C2. The van der Waals surface area contributed by atoms with Crippen LogP contribution in [0.25, 0.3) is 0 Å². The van der Waals surface area contributed by atoms with Crippen molar-refractivity contribution in [2.45, 2.75) is 116 Å². The number of anilines is 1. The van der Waals surface area contributed by atoms with Gasteiger partial charge in [-0.25, -0.2) is 9.18 Å². The second kappa shape index (κ2) is 14.6. The maximum absolute atomic E-state index is 14.6. The van der Waals surface area contributed by atoms with E-state index in [-0.39, 0.29) is 73.9 Å². The molecule has 4 aliphatic rings. The molecule has 0 bridgehead atoms. The van der Waals surface area contributed by atoms with Crippen molar-refractivity contribution in [1.29, 1.82) is 0 Å². The summed E-state index contributed by atoms with van der Waals surface area (Å²) in [7, 11) is 0. The Balaban J connectivity index is 1.27. The fourth-order valence-electron chi connectivity index (χ4n) is 7.74. The van der Waals surface area contributed by atoms with Gasteiger partial charge < -0.3 is 19.7 Å². The normalized spacial score (nSPS) is 27.7. The zero-order valence-electron chi connectivity index (χ0n) is 29.7. The lowest BCUT2D eigenvalue weighted by Crippen LogP contribution is -2.48. The summed E-state index contributed by atoms with van der Waals surface area (Å²) in [5, 5.41) is 3.50. The Bertz CT molecular complexity index is 1650. The lowest BCUT2D eigenvalue weighted by atomic mass is 9.87. The molecule has 1 saturated carbocycles. The summed E-state index contributed by atoms with van der Waals surface area (Å²) in [5.41, 5.74) is 2.11. The summed E-state index contributed by atoms with van der Waals surface area (Å²) in [6.45, 7) is 8.75. The molecule has 50 heavy (non-hydrogen) atoms. The maximum atomic E-state index is 14.6. The van der Waals surface area contributed by atoms with Crippen molar-refractivity contribution in [3.63, 3.8) is 0 Å². The van der Waals surface area contributed by atoms with Crippen LogP contribution >= 0.6 is 0 Å². The van der Waals surface area contributed by atoms with E-state index >= 15 is 0 Å². The summed E-state index contributed by atoms with van der Waals surface area (Å²) in [5.74, 6) is -1.32. The molecule has 2 amide bonds. The minimum atomic E-state index is -0.955. The van der Waals surface area contributed by atoms with Gasteiger partial charge in [0.1, 0.15) is 18.0 Å². The summed E-state index contributed by atoms with van der Waals surface area (Å²) in [6.07, 6.45) is 7.50. The average Bonchev–Trinajstić information content (AvgIpc) is 3.38. The molecular formula is C40H50FN3O6. The Kier molecular flexibility index (Phi) is 10.4. The lowest BCUT2D eigenvalue weighted by molar-refractivity contribution is -0.152. The third-order valence-electron chi connectivity index (χ3n) is 10.8. The van der Waals surface area contributed by atoms with Gasteiger partial charge in [-0.15, -0.1) is 0 Å². The molecule has 1 aliphatic carbocycles. The molecule has 9 nitrogen and oxygen atoms in total. The van der Waals surface area contributed by atoms with Gasteiger partial charge in [-0.2, -0.15) is 0 Å². The maximum Gasteiger partial charge on any atom is 0.410 e. The number of ketones is 1. The first kappa shape index (κ1) is 35.6. The van der Waals surface area contributed by atoms with E-state index in [4.69, 9.17) is 9.47 Å². The molecule has 0 unspecified atom stereocenters. The van der Waals surface area contributed by atoms with Crippen LogP contribution in [0.4, 0.5) is 14.9 Å². The molecule has 0 radical (unpaired) electrons. The lowest BCUT2D eigenvalue weighted by Gasteiger charge is -2.30. The number of Topliss-reactive ketones (excluding diaryl/α,β-unsaturated/α-hetero) is 1. The summed E-state index contributed by atoms with van der Waals surface area (Å²) >= 11 is 0. The van der Waals surface area contributed by atoms with Crippen LogP contribution in [-0.4, -0.2) is 64.9 Å². The molecule has 2 aromatic rings. The molecule has 10 heteroatoms. The highest BCUT2D eigenvalue weighted by Crippen LogP contribution is 2.57. The van der Waals surface area contributed by atoms with Crippen LogP contribution in [0.15, 0.2) is 54.6 Å². The highest BCUT2D eigenvalue weighted by Gasteiger charge is 2.61. The Labute approximate surface area is 294 Å². The second-order valence-electron chi connectivity index (χ2n) is 15.4.